The van der Waals surface area contributed by atoms with Gasteiger partial charge in [-0.2, -0.15) is 0 Å². The van der Waals surface area contributed by atoms with Crippen molar-refractivity contribution in [2.75, 3.05) is 6.61 Å². The standard InChI is InChI=1S/C32H39N3O5/c1-28(2)27-21(33)15-23-31(39-27,40-28)12-11-29(3)30(4)17(13-20-19-7-5-6-8-22(19)35-26(20)30)14-24(32(23,29)37)38-16-25(36)34-18-9-10-18/h5-8,15,17-18,24,27,33,35,37H,9-14,16H2,1-4H3,(H,34,36)/t17?,24-,27?,29?,30+,31?,32-/m0/s1. The van der Waals surface area contributed by atoms with Crippen LogP contribution >= 0.6 is 0 Å². The molecule has 6 aliphatic rings. The number of H-pyrrole nitrogens is 1. The molecule has 3 saturated carbocycles. The lowest BCUT2D eigenvalue weighted by Gasteiger charge is -2.67. The first-order chi connectivity index (χ1) is 18.9. The number of nitrogens with one attached hydrogen (secondary N) is 3. The van der Waals surface area contributed by atoms with E-state index in [1.54, 1.807) is 0 Å². The molecular weight excluding hydrogens is 506 g/mol. The number of aromatic amines is 1. The maximum atomic E-state index is 13.3. The molecule has 4 unspecified atom stereocenters. The van der Waals surface area contributed by atoms with Crippen LogP contribution in [0.3, 0.4) is 0 Å². The normalized spacial score (nSPS) is 42.6. The first kappa shape index (κ1) is 25.2. The Morgan fingerprint density at radius 3 is 2.75 bits per heavy atom. The molecule has 1 spiro atoms. The average molecular weight is 546 g/mol. The Kier molecular flexibility index (Phi) is 4.82. The Balaban J connectivity index is 1.28. The highest BCUT2D eigenvalue weighted by Gasteiger charge is 2.77. The number of carbonyl (C=O) groups is 1. The monoisotopic (exact) mass is 545 g/mol. The third-order valence-corrected chi connectivity index (χ3v) is 11.6. The SMILES string of the molecule is CC1(C)OC23CCC4(C)[C@@]5(C)c6[nH]c7ccccc7c6CC5C[C@H](OCC(=O)NC5CC5)[C@@]4(O)C2=CC(=N)C1O3. The Morgan fingerprint density at radius 2 is 1.98 bits per heavy atom. The first-order valence-electron chi connectivity index (χ1n) is 14.9. The maximum absolute atomic E-state index is 13.3. The van der Waals surface area contributed by atoms with Crippen LogP contribution in [0, 0.1) is 16.7 Å². The van der Waals surface area contributed by atoms with Crippen molar-refractivity contribution < 1.29 is 24.1 Å². The summed E-state index contributed by atoms with van der Waals surface area (Å²) in [6, 6.07) is 8.68. The van der Waals surface area contributed by atoms with E-state index in [-0.39, 0.29) is 24.5 Å². The molecule has 3 heterocycles. The van der Waals surface area contributed by atoms with Crippen LogP contribution in [0.5, 0.6) is 0 Å². The van der Waals surface area contributed by atoms with Gasteiger partial charge in [0, 0.05) is 45.5 Å². The van der Waals surface area contributed by atoms with Crippen LogP contribution in [-0.4, -0.2) is 63.6 Å². The molecule has 8 rings (SSSR count). The molecule has 4 N–H and O–H groups in total. The van der Waals surface area contributed by atoms with Crippen molar-refractivity contribution in [3.63, 3.8) is 0 Å². The molecule has 0 radical (unpaired) electrons. The number of para-hydroxylation sites is 1. The number of aliphatic hydroxyl groups is 1. The quantitative estimate of drug-likeness (QED) is 0.463. The molecule has 2 bridgehead atoms. The number of hydrogen-bond donors (Lipinski definition) is 4. The first-order valence-corrected chi connectivity index (χ1v) is 14.9. The van der Waals surface area contributed by atoms with Crippen LogP contribution in [0.4, 0.5) is 0 Å². The average Bonchev–Trinajstić information content (AvgIpc) is 3.50. The van der Waals surface area contributed by atoms with Gasteiger partial charge in [-0.25, -0.2) is 0 Å². The van der Waals surface area contributed by atoms with Gasteiger partial charge in [-0.3, -0.25) is 4.79 Å². The van der Waals surface area contributed by atoms with Gasteiger partial charge >= 0.3 is 0 Å². The summed E-state index contributed by atoms with van der Waals surface area (Å²) < 4.78 is 19.7. The fourth-order valence-corrected chi connectivity index (χ4v) is 9.31. The lowest BCUT2D eigenvalue weighted by molar-refractivity contribution is -0.278. The van der Waals surface area contributed by atoms with Gasteiger partial charge in [-0.15, -0.1) is 0 Å². The molecular formula is C32H39N3O5. The van der Waals surface area contributed by atoms with Gasteiger partial charge in [0.25, 0.3) is 0 Å². The minimum absolute atomic E-state index is 0.106. The van der Waals surface area contributed by atoms with Gasteiger partial charge in [-0.1, -0.05) is 32.0 Å². The van der Waals surface area contributed by atoms with Gasteiger partial charge in [0.2, 0.25) is 5.91 Å². The molecule has 8 nitrogen and oxygen atoms in total. The van der Waals surface area contributed by atoms with Crippen molar-refractivity contribution in [2.45, 2.75) is 107 Å². The molecule has 8 heteroatoms. The van der Waals surface area contributed by atoms with Crippen molar-refractivity contribution in [3.8, 4) is 0 Å². The summed E-state index contributed by atoms with van der Waals surface area (Å²) in [4.78, 5) is 16.5. The Morgan fingerprint density at radius 1 is 1.20 bits per heavy atom. The zero-order valence-electron chi connectivity index (χ0n) is 23.7. The summed E-state index contributed by atoms with van der Waals surface area (Å²) in [6.45, 7) is 8.29. The number of hydrogen-bond acceptors (Lipinski definition) is 6. The topological polar surface area (TPSA) is 117 Å². The molecule has 1 aromatic heterocycles. The van der Waals surface area contributed by atoms with E-state index in [2.05, 4.69) is 48.4 Å². The smallest absolute Gasteiger partial charge is 0.246 e. The summed E-state index contributed by atoms with van der Waals surface area (Å²) in [5, 5.41) is 26.5. The summed E-state index contributed by atoms with van der Waals surface area (Å²) >= 11 is 0. The fourth-order valence-electron chi connectivity index (χ4n) is 9.31. The summed E-state index contributed by atoms with van der Waals surface area (Å²) in [7, 11) is 0. The second-order valence-electron chi connectivity index (χ2n) is 14.1. The summed E-state index contributed by atoms with van der Waals surface area (Å²) in [6.07, 6.45) is 5.38. The largest absolute Gasteiger partial charge is 0.382 e. The zero-order valence-corrected chi connectivity index (χ0v) is 23.7. The minimum Gasteiger partial charge on any atom is -0.382 e. The van der Waals surface area contributed by atoms with Crippen LogP contribution in [0.25, 0.3) is 10.9 Å². The molecule has 1 amide bonds. The van der Waals surface area contributed by atoms with Gasteiger partial charge < -0.3 is 35.0 Å². The van der Waals surface area contributed by atoms with E-state index >= 15 is 0 Å². The molecule has 4 fully saturated rings. The Bertz CT molecular complexity index is 1510. The van der Waals surface area contributed by atoms with E-state index in [0.717, 1.165) is 24.8 Å². The van der Waals surface area contributed by atoms with Crippen LogP contribution < -0.4 is 5.32 Å². The molecule has 1 aromatic carbocycles. The predicted octanol–water partition coefficient (Wildman–Crippen LogP) is 4.05. The third kappa shape index (κ3) is 2.91. The van der Waals surface area contributed by atoms with Gasteiger partial charge in [-0.05, 0) is 69.6 Å². The van der Waals surface area contributed by atoms with Crippen molar-refractivity contribution >= 4 is 22.5 Å². The van der Waals surface area contributed by atoms with Gasteiger partial charge in [0.05, 0.1) is 17.4 Å². The van der Waals surface area contributed by atoms with Crippen molar-refractivity contribution in [1.29, 1.82) is 5.41 Å². The van der Waals surface area contributed by atoms with Crippen LogP contribution in [0.1, 0.15) is 71.1 Å². The van der Waals surface area contributed by atoms with Crippen LogP contribution in [0.2, 0.25) is 0 Å². The van der Waals surface area contributed by atoms with Crippen LogP contribution in [0.15, 0.2) is 35.9 Å². The number of benzene rings is 1. The summed E-state index contributed by atoms with van der Waals surface area (Å²) in [5.74, 6) is -1.04. The van der Waals surface area contributed by atoms with Gasteiger partial charge in [0.1, 0.15) is 18.3 Å². The van der Waals surface area contributed by atoms with E-state index < -0.39 is 40.0 Å². The third-order valence-electron chi connectivity index (χ3n) is 11.6. The molecule has 212 valence electrons. The Labute approximate surface area is 234 Å². The summed E-state index contributed by atoms with van der Waals surface area (Å²) in [5.41, 5.74) is 1.22. The number of ether oxygens (including phenoxy) is 3. The van der Waals surface area contributed by atoms with E-state index in [4.69, 9.17) is 19.6 Å². The van der Waals surface area contributed by atoms with E-state index in [1.807, 2.05) is 19.9 Å². The molecule has 2 aromatic rings. The number of aromatic nitrogens is 1. The molecule has 4 aliphatic carbocycles. The lowest BCUT2D eigenvalue weighted by Crippen LogP contribution is -2.75. The molecule has 40 heavy (non-hydrogen) atoms. The van der Waals surface area contributed by atoms with Crippen molar-refractivity contribution in [2.24, 2.45) is 11.3 Å². The predicted molar refractivity (Wildman–Crippen MR) is 149 cm³/mol. The maximum Gasteiger partial charge on any atom is 0.246 e. The second-order valence-corrected chi connectivity index (χ2v) is 14.1. The van der Waals surface area contributed by atoms with E-state index in [1.165, 1.54) is 16.6 Å². The number of fused-ring (bicyclic) bond motifs is 9. The highest BCUT2D eigenvalue weighted by Crippen LogP contribution is 2.72. The molecule has 1 saturated heterocycles. The van der Waals surface area contributed by atoms with Gasteiger partial charge in [0.15, 0.2) is 5.79 Å². The lowest BCUT2D eigenvalue weighted by atomic mass is 9.41. The van der Waals surface area contributed by atoms with Crippen molar-refractivity contribution in [3.05, 3.63) is 47.2 Å². The number of amides is 1. The molecule has 2 aliphatic heterocycles. The highest BCUT2D eigenvalue weighted by atomic mass is 16.8. The van der Waals surface area contributed by atoms with E-state index in [0.29, 0.717) is 30.5 Å². The Hall–Kier alpha value is -2.52. The minimum atomic E-state index is -1.52. The second kappa shape index (κ2) is 7.65. The number of rotatable bonds is 4. The number of carbonyl (C=O) groups excluding carboxylic acids is 1. The van der Waals surface area contributed by atoms with Crippen LogP contribution in [-0.2, 0) is 30.8 Å². The van der Waals surface area contributed by atoms with E-state index in [9.17, 15) is 9.90 Å². The fraction of sp³-hybridized carbons (Fsp3) is 0.625. The highest BCUT2D eigenvalue weighted by molar-refractivity contribution is 5.99. The zero-order chi connectivity index (χ0) is 27.9. The van der Waals surface area contributed by atoms with Crippen molar-refractivity contribution in [1.82, 2.24) is 10.3 Å². The molecule has 7 atom stereocenters.